The molecule has 0 fully saturated rings. The molecule has 0 aliphatic carbocycles. The second-order valence-electron chi connectivity index (χ2n) is 5.23. The highest BCUT2D eigenvalue weighted by Crippen LogP contribution is 2.12. The summed E-state index contributed by atoms with van der Waals surface area (Å²) in [5.74, 6) is 0.878. The van der Waals surface area contributed by atoms with Crippen LogP contribution in [-0.2, 0) is 4.79 Å². The first kappa shape index (κ1) is 17.2. The van der Waals surface area contributed by atoms with E-state index in [-0.39, 0.29) is 17.9 Å². The summed E-state index contributed by atoms with van der Waals surface area (Å²) in [6.07, 6.45) is 3.45. The molecule has 0 spiro atoms. The summed E-state index contributed by atoms with van der Waals surface area (Å²) >= 11 is 0. The Kier molecular flexibility index (Phi) is 7.54. The third-order valence-corrected chi connectivity index (χ3v) is 3.13. The molecule has 0 aromatic heterocycles. The van der Waals surface area contributed by atoms with Crippen LogP contribution in [0, 0.1) is 5.92 Å². The summed E-state index contributed by atoms with van der Waals surface area (Å²) in [4.78, 5) is 11.6. The lowest BCUT2D eigenvalue weighted by Crippen LogP contribution is -2.27. The van der Waals surface area contributed by atoms with E-state index >= 15 is 0 Å². The maximum Gasteiger partial charge on any atom is 0.244 e. The van der Waals surface area contributed by atoms with Gasteiger partial charge in [0, 0.05) is 12.6 Å². The van der Waals surface area contributed by atoms with E-state index in [1.807, 2.05) is 45.0 Å². The Morgan fingerprint density at radius 2 is 2.00 bits per heavy atom. The Bertz CT molecular complexity index is 452. The molecule has 4 heteroatoms. The number of aliphatic hydroxyl groups excluding tert-OH is 1. The third kappa shape index (κ3) is 6.95. The summed E-state index contributed by atoms with van der Waals surface area (Å²) in [6, 6.07) is 7.55. The second-order valence-corrected chi connectivity index (χ2v) is 5.23. The molecule has 1 atom stereocenters. The molecule has 0 bridgehead atoms. The SMILES string of the molecule is CCOc1ccc(C=CC(=O)NCCC(O)C(C)C)cc1. The van der Waals surface area contributed by atoms with Crippen LogP contribution in [-0.4, -0.2) is 30.3 Å². The number of nitrogens with one attached hydrogen (secondary N) is 1. The first-order valence-corrected chi connectivity index (χ1v) is 7.39. The Morgan fingerprint density at radius 3 is 2.57 bits per heavy atom. The van der Waals surface area contributed by atoms with Crippen molar-refractivity contribution in [2.45, 2.75) is 33.3 Å². The third-order valence-electron chi connectivity index (χ3n) is 3.13. The molecule has 0 aliphatic heterocycles. The average Bonchev–Trinajstić information content (AvgIpc) is 2.46. The van der Waals surface area contributed by atoms with Gasteiger partial charge in [0.25, 0.3) is 0 Å². The van der Waals surface area contributed by atoms with Crippen molar-refractivity contribution in [1.29, 1.82) is 0 Å². The molecule has 1 rings (SSSR count). The highest BCUT2D eigenvalue weighted by molar-refractivity contribution is 5.91. The number of rotatable bonds is 8. The van der Waals surface area contributed by atoms with E-state index in [4.69, 9.17) is 4.74 Å². The molecular weight excluding hydrogens is 266 g/mol. The summed E-state index contributed by atoms with van der Waals surface area (Å²) in [5, 5.41) is 12.4. The van der Waals surface area contributed by atoms with Gasteiger partial charge >= 0.3 is 0 Å². The van der Waals surface area contributed by atoms with Crippen molar-refractivity contribution in [3.63, 3.8) is 0 Å². The van der Waals surface area contributed by atoms with Gasteiger partial charge in [-0.15, -0.1) is 0 Å². The predicted molar refractivity (Wildman–Crippen MR) is 85.1 cm³/mol. The quantitative estimate of drug-likeness (QED) is 0.724. The van der Waals surface area contributed by atoms with Crippen molar-refractivity contribution in [1.82, 2.24) is 5.32 Å². The van der Waals surface area contributed by atoms with Crippen molar-refractivity contribution in [2.24, 2.45) is 5.92 Å². The van der Waals surface area contributed by atoms with Gasteiger partial charge in [-0.05, 0) is 43.0 Å². The van der Waals surface area contributed by atoms with Crippen molar-refractivity contribution in [3.05, 3.63) is 35.9 Å². The fraction of sp³-hybridized carbons (Fsp3) is 0.471. The molecule has 0 heterocycles. The van der Waals surface area contributed by atoms with E-state index in [1.54, 1.807) is 6.08 Å². The standard InChI is InChI=1S/C17H25NO3/c1-4-21-15-8-5-14(6-9-15)7-10-17(20)18-12-11-16(19)13(2)3/h5-10,13,16,19H,4,11-12H2,1-3H3,(H,18,20). The van der Waals surface area contributed by atoms with Crippen LogP contribution in [0.1, 0.15) is 32.8 Å². The van der Waals surface area contributed by atoms with Gasteiger partial charge in [-0.3, -0.25) is 4.79 Å². The van der Waals surface area contributed by atoms with Gasteiger partial charge in [-0.25, -0.2) is 0 Å². The number of hydrogen-bond donors (Lipinski definition) is 2. The van der Waals surface area contributed by atoms with Crippen molar-refractivity contribution < 1.29 is 14.6 Å². The number of ether oxygens (including phenoxy) is 1. The van der Waals surface area contributed by atoms with Crippen LogP contribution in [0.2, 0.25) is 0 Å². The molecule has 0 aliphatic rings. The number of hydrogen-bond acceptors (Lipinski definition) is 3. The van der Waals surface area contributed by atoms with Gasteiger partial charge in [0.2, 0.25) is 5.91 Å². The van der Waals surface area contributed by atoms with Gasteiger partial charge in [-0.2, -0.15) is 0 Å². The van der Waals surface area contributed by atoms with Crippen molar-refractivity contribution >= 4 is 12.0 Å². The predicted octanol–water partition coefficient (Wildman–Crippen LogP) is 2.62. The minimum Gasteiger partial charge on any atom is -0.494 e. The lowest BCUT2D eigenvalue weighted by molar-refractivity contribution is -0.116. The fourth-order valence-corrected chi connectivity index (χ4v) is 1.75. The first-order chi connectivity index (χ1) is 10.0. The molecule has 1 aromatic rings. The van der Waals surface area contributed by atoms with Gasteiger partial charge in [0.1, 0.15) is 5.75 Å². The topological polar surface area (TPSA) is 58.6 Å². The van der Waals surface area contributed by atoms with E-state index < -0.39 is 0 Å². The Balaban J connectivity index is 2.36. The minimum absolute atomic E-state index is 0.153. The van der Waals surface area contributed by atoms with Gasteiger partial charge in [0.05, 0.1) is 12.7 Å². The van der Waals surface area contributed by atoms with Crippen LogP contribution in [0.15, 0.2) is 30.3 Å². The fourth-order valence-electron chi connectivity index (χ4n) is 1.75. The molecule has 2 N–H and O–H groups in total. The zero-order valence-electron chi connectivity index (χ0n) is 13.0. The molecule has 4 nitrogen and oxygen atoms in total. The summed E-state index contributed by atoms with van der Waals surface area (Å²) in [7, 11) is 0. The molecule has 1 unspecified atom stereocenters. The van der Waals surface area contributed by atoms with Crippen molar-refractivity contribution in [2.75, 3.05) is 13.2 Å². The summed E-state index contributed by atoms with van der Waals surface area (Å²) < 4.78 is 5.35. The van der Waals surface area contributed by atoms with Crippen molar-refractivity contribution in [3.8, 4) is 5.75 Å². The Labute approximate surface area is 126 Å². The number of amides is 1. The number of carbonyl (C=O) groups is 1. The highest BCUT2D eigenvalue weighted by atomic mass is 16.5. The number of carbonyl (C=O) groups excluding carboxylic acids is 1. The molecular formula is C17H25NO3. The number of aliphatic hydroxyl groups is 1. The van der Waals surface area contributed by atoms with Crippen LogP contribution in [0.3, 0.4) is 0 Å². The Hall–Kier alpha value is -1.81. The van der Waals surface area contributed by atoms with E-state index in [0.29, 0.717) is 19.6 Å². The Morgan fingerprint density at radius 1 is 1.33 bits per heavy atom. The maximum atomic E-state index is 11.6. The van der Waals surface area contributed by atoms with Gasteiger partial charge in [0.15, 0.2) is 0 Å². The summed E-state index contributed by atoms with van der Waals surface area (Å²) in [5.41, 5.74) is 0.941. The second kappa shape index (κ2) is 9.19. The van der Waals surface area contributed by atoms with Crippen LogP contribution in [0.25, 0.3) is 6.08 Å². The molecule has 1 aromatic carbocycles. The zero-order chi connectivity index (χ0) is 15.7. The van der Waals surface area contributed by atoms with Crippen LogP contribution in [0.4, 0.5) is 0 Å². The zero-order valence-corrected chi connectivity index (χ0v) is 13.0. The summed E-state index contributed by atoms with van der Waals surface area (Å²) in [6.45, 7) is 6.97. The number of benzene rings is 1. The normalized spacial score (nSPS) is 12.6. The van der Waals surface area contributed by atoms with Crippen LogP contribution in [0.5, 0.6) is 5.75 Å². The lowest BCUT2D eigenvalue weighted by Gasteiger charge is -2.13. The van der Waals surface area contributed by atoms with E-state index in [9.17, 15) is 9.90 Å². The van der Waals surface area contributed by atoms with E-state index in [0.717, 1.165) is 11.3 Å². The monoisotopic (exact) mass is 291 g/mol. The van der Waals surface area contributed by atoms with Crippen LogP contribution >= 0.6 is 0 Å². The van der Waals surface area contributed by atoms with Gasteiger partial charge < -0.3 is 15.2 Å². The largest absolute Gasteiger partial charge is 0.494 e. The van der Waals surface area contributed by atoms with Crippen LogP contribution < -0.4 is 10.1 Å². The maximum absolute atomic E-state index is 11.6. The molecule has 0 radical (unpaired) electrons. The average molecular weight is 291 g/mol. The van der Waals surface area contributed by atoms with E-state index in [2.05, 4.69) is 5.32 Å². The molecule has 1 amide bonds. The molecule has 0 saturated carbocycles. The molecule has 116 valence electrons. The minimum atomic E-state index is -0.375. The first-order valence-electron chi connectivity index (χ1n) is 7.39. The highest BCUT2D eigenvalue weighted by Gasteiger charge is 2.08. The van der Waals surface area contributed by atoms with Gasteiger partial charge in [-0.1, -0.05) is 26.0 Å². The molecule has 21 heavy (non-hydrogen) atoms. The molecule has 0 saturated heterocycles. The smallest absolute Gasteiger partial charge is 0.244 e. The van der Waals surface area contributed by atoms with E-state index in [1.165, 1.54) is 6.08 Å². The lowest BCUT2D eigenvalue weighted by atomic mass is 10.0.